The second-order valence-corrected chi connectivity index (χ2v) is 10.4. The van der Waals surface area contributed by atoms with E-state index < -0.39 is 5.97 Å². The van der Waals surface area contributed by atoms with Crippen molar-refractivity contribution in [3.8, 4) is 21.6 Å². The van der Waals surface area contributed by atoms with E-state index >= 15 is 0 Å². The van der Waals surface area contributed by atoms with Crippen molar-refractivity contribution in [1.29, 1.82) is 0 Å². The molecule has 1 aliphatic carbocycles. The summed E-state index contributed by atoms with van der Waals surface area (Å²) in [7, 11) is 2.11. The van der Waals surface area contributed by atoms with Crippen molar-refractivity contribution in [3.63, 3.8) is 0 Å². The normalized spacial score (nSPS) is 13.2. The molecule has 38 heavy (non-hydrogen) atoms. The van der Waals surface area contributed by atoms with Gasteiger partial charge in [-0.05, 0) is 89.2 Å². The summed E-state index contributed by atoms with van der Waals surface area (Å²) in [5, 5.41) is 9.20. The van der Waals surface area contributed by atoms with Gasteiger partial charge in [-0.2, -0.15) is 0 Å². The third-order valence-corrected chi connectivity index (χ3v) is 8.69. The van der Waals surface area contributed by atoms with Gasteiger partial charge in [0, 0.05) is 67.7 Å². The maximum atomic E-state index is 11.3. The maximum Gasteiger partial charge on any atom is 0.333 e. The Morgan fingerprint density at radius 3 is 2.26 bits per heavy atom. The summed E-state index contributed by atoms with van der Waals surface area (Å²) in [4.78, 5) is 18.4. The van der Waals surface area contributed by atoms with Gasteiger partial charge in [0.15, 0.2) is 0 Å². The zero-order valence-corrected chi connectivity index (χ0v) is 25.4. The van der Waals surface area contributed by atoms with Crippen molar-refractivity contribution in [2.24, 2.45) is 0 Å². The maximum absolute atomic E-state index is 11.3. The molecule has 1 heterocycles. The van der Waals surface area contributed by atoms with Gasteiger partial charge in [-0.1, -0.05) is 50.2 Å². The molecule has 1 aromatic heterocycles. The Labute approximate surface area is 254 Å². The summed E-state index contributed by atoms with van der Waals surface area (Å²) in [6, 6.07) is 27.9. The number of aliphatic carboxylic acids is 1. The van der Waals surface area contributed by atoms with E-state index in [-0.39, 0.29) is 45.2 Å². The molecular formula is C32H30N2O2SY. The van der Waals surface area contributed by atoms with Crippen LogP contribution in [0.2, 0.25) is 0 Å². The molecule has 0 amide bonds. The number of carboxylic acids is 1. The fourth-order valence-electron chi connectivity index (χ4n) is 5.52. The molecule has 0 saturated carbocycles. The molecule has 4 nitrogen and oxygen atoms in total. The minimum atomic E-state index is -1.20. The van der Waals surface area contributed by atoms with E-state index in [4.69, 9.17) is 6.57 Å². The Morgan fingerprint density at radius 1 is 0.974 bits per heavy atom. The van der Waals surface area contributed by atoms with Crippen LogP contribution in [0.1, 0.15) is 44.1 Å². The molecule has 0 fully saturated rings. The zero-order valence-electron chi connectivity index (χ0n) is 21.7. The van der Waals surface area contributed by atoms with Crippen LogP contribution in [0.5, 0.6) is 0 Å². The van der Waals surface area contributed by atoms with Crippen molar-refractivity contribution in [2.45, 2.75) is 32.1 Å². The first-order valence-electron chi connectivity index (χ1n) is 12.4. The number of para-hydroxylation sites is 1. The zero-order chi connectivity index (χ0) is 26.2. The Kier molecular flexibility index (Phi) is 8.38. The molecule has 0 bridgehead atoms. The number of carboxylic acid groups (broad SMARTS) is 1. The van der Waals surface area contributed by atoms with Crippen LogP contribution in [-0.4, -0.2) is 18.1 Å². The molecule has 0 unspecified atom stereocenters. The first kappa shape index (κ1) is 28.0. The van der Waals surface area contributed by atoms with Gasteiger partial charge in [-0.3, -0.25) is 4.79 Å². The molecule has 0 saturated heterocycles. The van der Waals surface area contributed by atoms with Gasteiger partial charge in [0.1, 0.15) is 0 Å². The van der Waals surface area contributed by atoms with Crippen LogP contribution in [0, 0.1) is 6.57 Å². The molecule has 1 radical (unpaired) electrons. The van der Waals surface area contributed by atoms with Gasteiger partial charge in [0.25, 0.3) is 5.70 Å². The molecule has 189 valence electrons. The Bertz CT molecular complexity index is 1570. The fraction of sp³-hybridized carbons (Fsp3) is 0.188. The van der Waals surface area contributed by atoms with Crippen molar-refractivity contribution >= 4 is 34.8 Å². The number of rotatable bonds is 7. The van der Waals surface area contributed by atoms with Crippen LogP contribution in [0.25, 0.3) is 32.5 Å². The summed E-state index contributed by atoms with van der Waals surface area (Å²) in [6.07, 6.45) is 3.44. The summed E-state index contributed by atoms with van der Waals surface area (Å²) >= 11 is 1.51. The second-order valence-electron chi connectivity index (χ2n) is 9.32. The average Bonchev–Trinajstić information content (AvgIpc) is 3.51. The summed E-state index contributed by atoms with van der Waals surface area (Å²) in [5.74, 6) is -1.20. The number of hydrogen-bond donors (Lipinski definition) is 1. The van der Waals surface area contributed by atoms with E-state index in [1.807, 2.05) is 18.2 Å². The van der Waals surface area contributed by atoms with Crippen molar-refractivity contribution < 1.29 is 44.0 Å². The molecule has 4 aromatic rings. The third-order valence-electron chi connectivity index (χ3n) is 7.61. The van der Waals surface area contributed by atoms with Crippen molar-refractivity contribution in [3.05, 3.63) is 112 Å². The van der Waals surface area contributed by atoms with Gasteiger partial charge in [-0.15, -0.1) is 11.3 Å². The van der Waals surface area contributed by atoms with Crippen molar-refractivity contribution in [1.82, 2.24) is 0 Å². The van der Waals surface area contributed by atoms with Crippen LogP contribution in [-0.2, 0) is 42.9 Å². The fourth-order valence-corrected chi connectivity index (χ4v) is 6.46. The molecule has 0 spiro atoms. The quantitative estimate of drug-likeness (QED) is 0.171. The van der Waals surface area contributed by atoms with Gasteiger partial charge in [0.2, 0.25) is 0 Å². The number of thiophene rings is 1. The van der Waals surface area contributed by atoms with Crippen LogP contribution in [0.15, 0.2) is 84.6 Å². The number of nitrogens with zero attached hydrogens (tertiary/aromatic N) is 2. The Balaban J connectivity index is 0.00000210. The molecule has 0 aliphatic heterocycles. The number of carbonyl (C=O) groups is 1. The molecule has 1 N–H and O–H groups in total. The van der Waals surface area contributed by atoms with E-state index in [1.54, 1.807) is 0 Å². The Hall–Kier alpha value is -3.04. The largest absolute Gasteiger partial charge is 0.486 e. The van der Waals surface area contributed by atoms with E-state index in [1.165, 1.54) is 45.4 Å². The van der Waals surface area contributed by atoms with E-state index in [9.17, 15) is 9.90 Å². The number of fused-ring (bicyclic) bond motifs is 3. The standard InChI is InChI=1S/C32H28N2O2S.Y.H2/c1-5-32(6-2)27-18-21(30-17-14-24(37-30)20-29(33-3)31(35)36)12-15-25(27)26-16-13-23(19-28(26)32)34(4)22-10-8-7-9-11-22;;/h7-20H,5-6H2,1-2,4H3,(H,35,36);;1H/b29-20-;;/i;;1+1. The molecule has 0 atom stereocenters. The van der Waals surface area contributed by atoms with Gasteiger partial charge in [-0.25, -0.2) is 4.85 Å². The molecule has 6 heteroatoms. The predicted molar refractivity (Wildman–Crippen MR) is 155 cm³/mol. The summed E-state index contributed by atoms with van der Waals surface area (Å²) in [6.45, 7) is 11.7. The molecule has 1 aliphatic rings. The monoisotopic (exact) mass is 596 g/mol. The second kappa shape index (κ2) is 11.4. The van der Waals surface area contributed by atoms with Crippen LogP contribution in [0.3, 0.4) is 0 Å². The smallest absolute Gasteiger partial charge is 0.333 e. The van der Waals surface area contributed by atoms with E-state index in [0.717, 1.165) is 33.8 Å². The first-order chi connectivity index (χ1) is 17.9. The summed E-state index contributed by atoms with van der Waals surface area (Å²) < 4.78 is 0. The predicted octanol–water partition coefficient (Wildman–Crippen LogP) is 8.86. The van der Waals surface area contributed by atoms with Gasteiger partial charge >= 0.3 is 5.97 Å². The van der Waals surface area contributed by atoms with Crippen LogP contribution in [0.4, 0.5) is 11.4 Å². The molecule has 3 aromatic carbocycles. The minimum absolute atomic E-state index is 0. The Morgan fingerprint density at radius 2 is 1.63 bits per heavy atom. The van der Waals surface area contributed by atoms with E-state index in [0.29, 0.717) is 0 Å². The van der Waals surface area contributed by atoms with Crippen LogP contribution >= 0.6 is 11.3 Å². The van der Waals surface area contributed by atoms with E-state index in [2.05, 4.69) is 91.3 Å². The first-order valence-corrected chi connectivity index (χ1v) is 13.2. The summed E-state index contributed by atoms with van der Waals surface area (Å²) in [5.41, 5.74) is 8.41. The number of benzene rings is 3. The van der Waals surface area contributed by atoms with Gasteiger partial charge in [0.05, 0.1) is 6.57 Å². The average molecular weight is 597 g/mol. The van der Waals surface area contributed by atoms with Gasteiger partial charge < -0.3 is 10.0 Å². The number of hydrogen-bond acceptors (Lipinski definition) is 3. The number of anilines is 2. The third kappa shape index (κ3) is 4.78. The topological polar surface area (TPSA) is 44.9 Å². The SMILES string of the molecule is [2HH].[C-]#[N+]/C(=C\c1ccc(-c2ccc3c(c2)C(CC)(CC)c2cc(N(C)c4ccccc4)ccc2-3)s1)C(=O)O.[Y]. The van der Waals surface area contributed by atoms with Crippen molar-refractivity contribution in [2.75, 3.05) is 11.9 Å². The van der Waals surface area contributed by atoms with Crippen LogP contribution < -0.4 is 4.90 Å². The minimum Gasteiger partial charge on any atom is -0.486 e. The molecular weight excluding hydrogens is 565 g/mol. The molecule has 5 rings (SSSR count).